The smallest absolute Gasteiger partial charge is 0.381 e. The minimum atomic E-state index is -4.32. The van der Waals surface area contributed by atoms with Gasteiger partial charge in [0.25, 0.3) is 0 Å². The van der Waals surface area contributed by atoms with E-state index in [2.05, 4.69) is 11.1 Å². The van der Waals surface area contributed by atoms with Crippen LogP contribution in [-0.2, 0) is 31.1 Å². The van der Waals surface area contributed by atoms with Crippen LogP contribution >= 0.6 is 0 Å². The Morgan fingerprint density at radius 1 is 1.21 bits per heavy atom. The summed E-state index contributed by atoms with van der Waals surface area (Å²) in [6.45, 7) is 2.85. The van der Waals surface area contributed by atoms with Gasteiger partial charge in [-0.25, -0.2) is 0 Å². The molecule has 24 heavy (non-hydrogen) atoms. The van der Waals surface area contributed by atoms with Gasteiger partial charge in [0.15, 0.2) is 5.78 Å². The number of aliphatic hydroxyl groups is 1. The van der Waals surface area contributed by atoms with Gasteiger partial charge in [-0.1, -0.05) is 12.1 Å². The normalized spacial score (nSPS) is 11.0. The summed E-state index contributed by atoms with van der Waals surface area (Å²) in [5.74, 6) is -0.0625. The first-order valence-electron chi connectivity index (χ1n) is 6.58. The fourth-order valence-corrected chi connectivity index (χ4v) is 1.58. The second-order valence-electron chi connectivity index (χ2n) is 4.60. The molecule has 0 fully saturated rings. The number of allylic oxidation sites excluding steroid dienone is 2. The van der Waals surface area contributed by atoms with Crippen LogP contribution in [0.15, 0.2) is 54.4 Å². The molecule has 2 aromatic rings. The summed E-state index contributed by atoms with van der Waals surface area (Å²) < 4.78 is 36.9. The summed E-state index contributed by atoms with van der Waals surface area (Å²) in [6.07, 6.45) is -1.57. The number of alkyl halides is 3. The fourth-order valence-electron chi connectivity index (χ4n) is 1.58. The van der Waals surface area contributed by atoms with E-state index in [9.17, 15) is 18.0 Å². The number of aliphatic hydroxyl groups excluding tert-OH is 1. The van der Waals surface area contributed by atoms with Gasteiger partial charge in [-0.2, -0.15) is 13.2 Å². The molecule has 2 rings (SSSR count). The third kappa shape index (κ3) is 8.04. The van der Waals surface area contributed by atoms with E-state index >= 15 is 0 Å². The van der Waals surface area contributed by atoms with Crippen molar-refractivity contribution in [3.8, 4) is 11.3 Å². The van der Waals surface area contributed by atoms with E-state index in [0.717, 1.165) is 12.1 Å². The zero-order valence-corrected chi connectivity index (χ0v) is 15.3. The van der Waals surface area contributed by atoms with Gasteiger partial charge >= 0.3 is 6.18 Å². The van der Waals surface area contributed by atoms with Crippen molar-refractivity contribution < 1.29 is 43.2 Å². The molecular weight excluding hydrogens is 499 g/mol. The Balaban J connectivity index is 0.000000570. The number of hydrogen-bond donors (Lipinski definition) is 1. The number of halogens is 3. The first kappa shape index (κ1) is 22.0. The molecule has 0 atom stereocenters. The third-order valence-electron chi connectivity index (χ3n) is 2.49. The van der Waals surface area contributed by atoms with E-state index in [1.54, 1.807) is 24.4 Å². The standard InChI is InChI=1S/C12H7F3N.C5H8O2.Ir/c13-12(14,15)10-6-4-9(5-7-10)11-3-1-2-8-16-11;1-4(6)3-5(2)7;/h1-4,6-8H;3,6H,1-2H3;/q-1;;. The van der Waals surface area contributed by atoms with Gasteiger partial charge < -0.3 is 10.1 Å². The molecule has 7 heteroatoms. The van der Waals surface area contributed by atoms with Crippen LogP contribution in [0, 0.1) is 6.07 Å². The van der Waals surface area contributed by atoms with Crippen molar-refractivity contribution in [2.45, 2.75) is 20.0 Å². The molecule has 0 unspecified atom stereocenters. The first-order valence-corrected chi connectivity index (χ1v) is 6.58. The second kappa shape index (κ2) is 10.0. The van der Waals surface area contributed by atoms with Crippen molar-refractivity contribution >= 4 is 5.78 Å². The Bertz CT molecular complexity index is 664. The molecule has 1 aromatic carbocycles. The molecule has 1 N–H and O–H groups in total. The van der Waals surface area contributed by atoms with Crippen LogP contribution in [0.5, 0.6) is 0 Å². The van der Waals surface area contributed by atoms with Crippen molar-refractivity contribution in [3.05, 3.63) is 66.1 Å². The predicted molar refractivity (Wildman–Crippen MR) is 80.6 cm³/mol. The number of rotatable bonds is 2. The number of carbonyl (C=O) groups is 1. The molecule has 0 saturated carbocycles. The number of benzene rings is 1. The monoisotopic (exact) mass is 515 g/mol. The minimum absolute atomic E-state index is 0. The van der Waals surface area contributed by atoms with Gasteiger partial charge in [0.05, 0.1) is 5.76 Å². The number of aromatic nitrogens is 1. The van der Waals surface area contributed by atoms with Gasteiger partial charge in [-0.3, -0.25) is 4.79 Å². The van der Waals surface area contributed by atoms with Gasteiger partial charge in [-0.15, -0.1) is 29.8 Å². The van der Waals surface area contributed by atoms with Crippen LogP contribution in [0.3, 0.4) is 0 Å². The van der Waals surface area contributed by atoms with Crippen LogP contribution in [0.25, 0.3) is 11.3 Å². The Labute approximate surface area is 151 Å². The van der Waals surface area contributed by atoms with Crippen LogP contribution in [0.4, 0.5) is 13.2 Å². The average molecular weight is 515 g/mol. The summed E-state index contributed by atoms with van der Waals surface area (Å²) in [4.78, 5) is 14.0. The molecule has 0 aliphatic rings. The molecule has 1 heterocycles. The van der Waals surface area contributed by atoms with Gasteiger partial charge in [0.1, 0.15) is 0 Å². The number of pyridine rings is 1. The quantitative estimate of drug-likeness (QED) is 0.362. The fraction of sp³-hybridized carbons (Fsp3) is 0.176. The molecule has 3 nitrogen and oxygen atoms in total. The summed E-state index contributed by atoms with van der Waals surface area (Å²) in [5.41, 5.74) is 0.456. The molecule has 131 valence electrons. The van der Waals surface area contributed by atoms with Crippen LogP contribution < -0.4 is 0 Å². The van der Waals surface area contributed by atoms with E-state index in [-0.39, 0.29) is 31.6 Å². The Morgan fingerprint density at radius 2 is 1.88 bits per heavy atom. The summed E-state index contributed by atoms with van der Waals surface area (Å²) in [6, 6.07) is 11.1. The molecule has 0 amide bonds. The van der Waals surface area contributed by atoms with Crippen molar-refractivity contribution in [2.24, 2.45) is 0 Å². The van der Waals surface area contributed by atoms with Crippen molar-refractivity contribution in [1.29, 1.82) is 0 Å². The van der Waals surface area contributed by atoms with E-state index in [1.165, 1.54) is 26.0 Å². The van der Waals surface area contributed by atoms with Crippen LogP contribution in [0.1, 0.15) is 19.4 Å². The van der Waals surface area contributed by atoms with Crippen LogP contribution in [0.2, 0.25) is 0 Å². The number of hydrogen-bond acceptors (Lipinski definition) is 3. The molecule has 0 aliphatic heterocycles. The Hall–Kier alpha value is -1.98. The van der Waals surface area contributed by atoms with E-state index in [0.29, 0.717) is 11.3 Å². The average Bonchev–Trinajstić information content (AvgIpc) is 2.47. The zero-order valence-electron chi connectivity index (χ0n) is 12.9. The van der Waals surface area contributed by atoms with Gasteiger partial charge in [0.2, 0.25) is 0 Å². The SMILES string of the molecule is CC(=O)C=C(C)O.FC(F)(F)c1c[c-]c(-c2ccccn2)cc1.[Ir]. The van der Waals surface area contributed by atoms with Crippen molar-refractivity contribution in [1.82, 2.24) is 4.98 Å². The van der Waals surface area contributed by atoms with Gasteiger partial charge in [-0.05, 0) is 31.2 Å². The summed E-state index contributed by atoms with van der Waals surface area (Å²) in [7, 11) is 0. The molecule has 0 spiro atoms. The second-order valence-corrected chi connectivity index (χ2v) is 4.60. The topological polar surface area (TPSA) is 50.2 Å². The number of ketones is 1. The molecule has 0 aliphatic carbocycles. The van der Waals surface area contributed by atoms with Crippen molar-refractivity contribution in [2.75, 3.05) is 0 Å². The maximum atomic E-state index is 12.3. The molecule has 1 aromatic heterocycles. The van der Waals surface area contributed by atoms with Crippen LogP contribution in [-0.4, -0.2) is 15.9 Å². The van der Waals surface area contributed by atoms with E-state index < -0.39 is 11.7 Å². The van der Waals surface area contributed by atoms with E-state index in [1.807, 2.05) is 0 Å². The Kier molecular flexibility index (Phi) is 9.18. The third-order valence-corrected chi connectivity index (χ3v) is 2.49. The van der Waals surface area contributed by atoms with E-state index in [4.69, 9.17) is 5.11 Å². The Morgan fingerprint density at radius 3 is 2.21 bits per heavy atom. The maximum Gasteiger partial charge on any atom is 0.381 e. The molecular formula is C17H15F3IrNO2-. The molecule has 1 radical (unpaired) electrons. The molecule has 0 saturated heterocycles. The maximum absolute atomic E-state index is 12.3. The minimum Gasteiger partial charge on any atom is -0.512 e. The summed E-state index contributed by atoms with van der Waals surface area (Å²) >= 11 is 0. The zero-order chi connectivity index (χ0) is 17.5. The first-order chi connectivity index (χ1) is 10.7. The predicted octanol–water partition coefficient (Wildman–Crippen LogP) is 4.60. The summed E-state index contributed by atoms with van der Waals surface area (Å²) in [5, 5.41) is 8.36. The van der Waals surface area contributed by atoms with Gasteiger partial charge in [0, 0.05) is 32.4 Å². The van der Waals surface area contributed by atoms with Crippen molar-refractivity contribution in [3.63, 3.8) is 0 Å². The largest absolute Gasteiger partial charge is 0.512 e. The number of carbonyl (C=O) groups excluding carboxylic acids is 1. The number of nitrogens with zero attached hydrogens (tertiary/aromatic N) is 1. The molecule has 0 bridgehead atoms.